The molecule has 1 aromatic rings. The Morgan fingerprint density at radius 2 is 1.81 bits per heavy atom. The van der Waals surface area contributed by atoms with E-state index < -0.39 is 5.51 Å². The first-order valence-corrected chi connectivity index (χ1v) is 8.05. The minimum absolute atomic E-state index is 0.0721. The van der Waals surface area contributed by atoms with Crippen LogP contribution in [0.25, 0.3) is 0 Å². The molecule has 1 aromatic carbocycles. The maximum atomic E-state index is 12.2. The summed E-state index contributed by atoms with van der Waals surface area (Å²) in [5, 5.41) is 3.38. The Morgan fingerprint density at radius 1 is 1.19 bits per heavy atom. The number of hydrogen-bond acceptors (Lipinski definition) is 3. The van der Waals surface area contributed by atoms with Crippen LogP contribution in [0.15, 0.2) is 29.2 Å². The van der Waals surface area contributed by atoms with E-state index in [0.29, 0.717) is 12.6 Å². The van der Waals surface area contributed by atoms with E-state index in [4.69, 9.17) is 0 Å². The fraction of sp³-hybridized carbons (Fsp3) is 0.600. The van der Waals surface area contributed by atoms with Crippen molar-refractivity contribution in [3.63, 3.8) is 0 Å². The predicted molar refractivity (Wildman–Crippen MR) is 80.3 cm³/mol. The highest BCUT2D eigenvalue weighted by atomic mass is 32.2. The number of thioether (sulfide) groups is 1. The van der Waals surface area contributed by atoms with Crippen molar-refractivity contribution >= 4 is 11.8 Å². The van der Waals surface area contributed by atoms with Crippen molar-refractivity contribution in [1.82, 2.24) is 10.2 Å². The minimum Gasteiger partial charge on any atom is -0.311 e. The maximum Gasteiger partial charge on any atom is 0.446 e. The summed E-state index contributed by atoms with van der Waals surface area (Å²) in [6, 6.07) is 7.06. The summed E-state index contributed by atoms with van der Waals surface area (Å²) < 4.78 is 36.7. The van der Waals surface area contributed by atoms with E-state index in [1.165, 1.54) is 38.1 Å². The van der Waals surface area contributed by atoms with Crippen LogP contribution in [-0.2, 0) is 6.54 Å². The molecule has 1 atom stereocenters. The van der Waals surface area contributed by atoms with Gasteiger partial charge in [-0.1, -0.05) is 12.1 Å². The van der Waals surface area contributed by atoms with Crippen molar-refractivity contribution in [2.45, 2.75) is 42.8 Å². The molecule has 1 aliphatic rings. The van der Waals surface area contributed by atoms with Gasteiger partial charge in [-0.2, -0.15) is 13.2 Å². The molecule has 1 aliphatic heterocycles. The van der Waals surface area contributed by atoms with E-state index in [9.17, 15) is 13.2 Å². The Kier molecular flexibility index (Phi) is 5.96. The van der Waals surface area contributed by atoms with Gasteiger partial charge in [0.2, 0.25) is 0 Å². The fourth-order valence-electron chi connectivity index (χ4n) is 2.55. The SMILES string of the molecule is CC(CNCc1ccc(SC(F)(F)F)cc1)N1CCCC1. The molecule has 2 nitrogen and oxygen atoms in total. The van der Waals surface area contributed by atoms with Crippen LogP contribution in [0.1, 0.15) is 25.3 Å². The van der Waals surface area contributed by atoms with Gasteiger partial charge in [0.1, 0.15) is 0 Å². The van der Waals surface area contributed by atoms with Crippen molar-refractivity contribution in [3.8, 4) is 0 Å². The summed E-state index contributed by atoms with van der Waals surface area (Å²) in [6.07, 6.45) is 2.56. The number of nitrogens with zero attached hydrogens (tertiary/aromatic N) is 1. The smallest absolute Gasteiger partial charge is 0.311 e. The zero-order chi connectivity index (χ0) is 15.3. The normalized spacial score (nSPS) is 18.1. The molecule has 0 bridgehead atoms. The first kappa shape index (κ1) is 16.6. The maximum absolute atomic E-state index is 12.2. The number of rotatable bonds is 6. The molecule has 2 rings (SSSR count). The molecule has 6 heteroatoms. The van der Waals surface area contributed by atoms with Gasteiger partial charge in [-0.15, -0.1) is 0 Å². The molecule has 1 N–H and O–H groups in total. The molecule has 0 spiro atoms. The molecule has 1 saturated heterocycles. The van der Waals surface area contributed by atoms with Gasteiger partial charge in [0.15, 0.2) is 0 Å². The summed E-state index contributed by atoms with van der Waals surface area (Å²) >= 11 is -0.0721. The summed E-state index contributed by atoms with van der Waals surface area (Å²) in [4.78, 5) is 2.70. The van der Waals surface area contributed by atoms with Crippen molar-refractivity contribution in [2.24, 2.45) is 0 Å². The minimum atomic E-state index is -4.22. The van der Waals surface area contributed by atoms with Gasteiger partial charge >= 0.3 is 5.51 Å². The second-order valence-electron chi connectivity index (χ2n) is 5.41. The van der Waals surface area contributed by atoms with E-state index in [0.717, 1.165) is 12.1 Å². The molecular weight excluding hydrogens is 297 g/mol. The zero-order valence-corrected chi connectivity index (χ0v) is 12.9. The van der Waals surface area contributed by atoms with E-state index in [1.807, 2.05) is 0 Å². The molecule has 0 amide bonds. The number of benzene rings is 1. The molecule has 1 unspecified atom stereocenters. The fourth-order valence-corrected chi connectivity index (χ4v) is 3.09. The molecule has 1 heterocycles. The highest BCUT2D eigenvalue weighted by Crippen LogP contribution is 2.36. The van der Waals surface area contributed by atoms with Crippen LogP contribution in [0, 0.1) is 0 Å². The number of hydrogen-bond donors (Lipinski definition) is 1. The lowest BCUT2D eigenvalue weighted by molar-refractivity contribution is -0.0328. The molecule has 0 aliphatic carbocycles. The second kappa shape index (κ2) is 7.51. The van der Waals surface area contributed by atoms with Gasteiger partial charge < -0.3 is 5.32 Å². The molecular formula is C15H21F3N2S. The van der Waals surface area contributed by atoms with Crippen molar-refractivity contribution in [2.75, 3.05) is 19.6 Å². The zero-order valence-electron chi connectivity index (χ0n) is 12.1. The third-order valence-corrected chi connectivity index (χ3v) is 4.43. The Bertz CT molecular complexity index is 428. The lowest BCUT2D eigenvalue weighted by atomic mass is 10.2. The standard InChI is InChI=1S/C15H21F3N2S/c1-12(20-8-2-3-9-20)10-19-11-13-4-6-14(7-5-13)21-15(16,17)18/h4-7,12,19H,2-3,8-11H2,1H3. The van der Waals surface area contributed by atoms with Crippen LogP contribution >= 0.6 is 11.8 Å². The first-order chi connectivity index (χ1) is 9.94. The van der Waals surface area contributed by atoms with E-state index in [2.05, 4.69) is 17.1 Å². The Labute approximate surface area is 128 Å². The lowest BCUT2D eigenvalue weighted by Crippen LogP contribution is -2.38. The highest BCUT2D eigenvalue weighted by Gasteiger charge is 2.28. The average molecular weight is 318 g/mol. The number of halogens is 3. The van der Waals surface area contributed by atoms with E-state index in [-0.39, 0.29) is 16.7 Å². The molecule has 0 saturated carbocycles. The summed E-state index contributed by atoms with van der Waals surface area (Å²) in [5.41, 5.74) is -3.21. The quantitative estimate of drug-likeness (QED) is 0.802. The second-order valence-corrected chi connectivity index (χ2v) is 6.55. The van der Waals surface area contributed by atoms with E-state index >= 15 is 0 Å². The van der Waals surface area contributed by atoms with Crippen molar-refractivity contribution < 1.29 is 13.2 Å². The summed E-state index contributed by atoms with van der Waals surface area (Å²) in [6.45, 7) is 6.15. The van der Waals surface area contributed by atoms with Crippen LogP contribution in [0.5, 0.6) is 0 Å². The first-order valence-electron chi connectivity index (χ1n) is 7.23. The van der Waals surface area contributed by atoms with Crippen LogP contribution < -0.4 is 5.32 Å². The Hall–Kier alpha value is -0.720. The third kappa shape index (κ3) is 5.88. The summed E-state index contributed by atoms with van der Waals surface area (Å²) in [5.74, 6) is 0. The van der Waals surface area contributed by atoms with Gasteiger partial charge in [0.25, 0.3) is 0 Å². The van der Waals surface area contributed by atoms with Gasteiger partial charge in [-0.3, -0.25) is 4.90 Å². The number of alkyl halides is 3. The molecule has 1 fully saturated rings. The van der Waals surface area contributed by atoms with Crippen molar-refractivity contribution in [1.29, 1.82) is 0 Å². The number of nitrogens with one attached hydrogen (secondary N) is 1. The van der Waals surface area contributed by atoms with Crippen LogP contribution in [0.2, 0.25) is 0 Å². The lowest BCUT2D eigenvalue weighted by Gasteiger charge is -2.24. The van der Waals surface area contributed by atoms with E-state index in [1.54, 1.807) is 12.1 Å². The molecule has 0 radical (unpaired) electrons. The topological polar surface area (TPSA) is 15.3 Å². The van der Waals surface area contributed by atoms with Crippen LogP contribution in [0.3, 0.4) is 0 Å². The average Bonchev–Trinajstić information content (AvgIpc) is 2.93. The molecule has 118 valence electrons. The number of likely N-dealkylation sites (tertiary alicyclic amines) is 1. The van der Waals surface area contributed by atoms with Gasteiger partial charge in [-0.25, -0.2) is 0 Å². The largest absolute Gasteiger partial charge is 0.446 e. The molecule has 0 aromatic heterocycles. The molecule has 21 heavy (non-hydrogen) atoms. The summed E-state index contributed by atoms with van der Waals surface area (Å²) in [7, 11) is 0. The van der Waals surface area contributed by atoms with Gasteiger partial charge in [0, 0.05) is 24.0 Å². The van der Waals surface area contributed by atoms with Gasteiger partial charge in [-0.05, 0) is 62.3 Å². The predicted octanol–water partition coefficient (Wildman–Crippen LogP) is 3.87. The third-order valence-electron chi connectivity index (χ3n) is 3.69. The van der Waals surface area contributed by atoms with Gasteiger partial charge in [0.05, 0.1) is 0 Å². The Balaban J connectivity index is 1.73. The van der Waals surface area contributed by atoms with Crippen molar-refractivity contribution in [3.05, 3.63) is 29.8 Å². The highest BCUT2D eigenvalue weighted by molar-refractivity contribution is 8.00. The monoisotopic (exact) mass is 318 g/mol. The van der Waals surface area contributed by atoms with Crippen LogP contribution in [-0.4, -0.2) is 36.1 Å². The van der Waals surface area contributed by atoms with Crippen LogP contribution in [0.4, 0.5) is 13.2 Å². The Morgan fingerprint density at radius 3 is 2.38 bits per heavy atom.